The lowest BCUT2D eigenvalue weighted by molar-refractivity contribution is -0.116. The summed E-state index contributed by atoms with van der Waals surface area (Å²) in [6.45, 7) is 5.95. The van der Waals surface area contributed by atoms with Crippen molar-refractivity contribution >= 4 is 27.5 Å². The van der Waals surface area contributed by atoms with Crippen molar-refractivity contribution in [2.75, 3.05) is 39.2 Å². The van der Waals surface area contributed by atoms with Crippen LogP contribution in [-0.4, -0.2) is 85.0 Å². The Hall–Kier alpha value is -2.96. The maximum atomic E-state index is 13.6. The van der Waals surface area contributed by atoms with Crippen molar-refractivity contribution in [1.82, 2.24) is 18.8 Å². The van der Waals surface area contributed by atoms with E-state index in [4.69, 9.17) is 9.47 Å². The SMILES string of the molecule is CCCC(=O)Nc1ccc2c(c1)C(=O)N(C)C[C@@H](OC)[C@@H](C)CN(S(=O)(=O)c1cn(C)cn1)[C@H](C)CO2. The molecule has 0 bridgehead atoms. The van der Waals surface area contributed by atoms with Crippen molar-refractivity contribution < 1.29 is 27.5 Å². The number of imidazole rings is 1. The van der Waals surface area contributed by atoms with Crippen LogP contribution in [0.15, 0.2) is 35.7 Å². The predicted octanol–water partition coefficient (Wildman–Crippen LogP) is 2.35. The number of aromatic nitrogens is 2. The molecule has 1 aliphatic heterocycles. The van der Waals surface area contributed by atoms with Gasteiger partial charge in [-0.15, -0.1) is 0 Å². The Balaban J connectivity index is 2.01. The highest BCUT2D eigenvalue weighted by Crippen LogP contribution is 2.28. The van der Waals surface area contributed by atoms with Gasteiger partial charge < -0.3 is 24.3 Å². The summed E-state index contributed by atoms with van der Waals surface area (Å²) < 4.78 is 41.9. The quantitative estimate of drug-likeness (QED) is 0.602. The second kappa shape index (κ2) is 12.1. The number of carbonyl (C=O) groups excluding carboxylic acids is 2. The van der Waals surface area contributed by atoms with Crippen molar-refractivity contribution in [3.63, 3.8) is 0 Å². The van der Waals surface area contributed by atoms with Crippen LogP contribution < -0.4 is 10.1 Å². The second-order valence-electron chi connectivity index (χ2n) is 9.56. The summed E-state index contributed by atoms with van der Waals surface area (Å²) in [5.41, 5.74) is 0.755. The van der Waals surface area contributed by atoms with Gasteiger partial charge in [-0.05, 0) is 37.5 Å². The van der Waals surface area contributed by atoms with Gasteiger partial charge >= 0.3 is 0 Å². The molecule has 1 aromatic heterocycles. The number of fused-ring (bicyclic) bond motifs is 1. The molecule has 0 fully saturated rings. The molecule has 2 heterocycles. The van der Waals surface area contributed by atoms with Crippen molar-refractivity contribution in [3.8, 4) is 5.75 Å². The molecule has 3 rings (SSSR count). The van der Waals surface area contributed by atoms with Crippen LogP contribution in [0.25, 0.3) is 0 Å². The van der Waals surface area contributed by atoms with Gasteiger partial charge in [0.05, 0.1) is 24.0 Å². The van der Waals surface area contributed by atoms with Crippen LogP contribution in [0.3, 0.4) is 0 Å². The molecule has 2 aromatic rings. The van der Waals surface area contributed by atoms with E-state index in [9.17, 15) is 18.0 Å². The molecule has 0 spiro atoms. The monoisotopic (exact) mass is 535 g/mol. The van der Waals surface area contributed by atoms with Crippen LogP contribution in [0.2, 0.25) is 0 Å². The molecular formula is C25H37N5O6S. The van der Waals surface area contributed by atoms with E-state index in [0.29, 0.717) is 24.3 Å². The molecule has 1 aromatic carbocycles. The molecule has 1 aliphatic rings. The Morgan fingerprint density at radius 1 is 1.24 bits per heavy atom. The van der Waals surface area contributed by atoms with E-state index >= 15 is 0 Å². The number of methoxy groups -OCH3 is 1. The average molecular weight is 536 g/mol. The summed E-state index contributed by atoms with van der Waals surface area (Å²) in [4.78, 5) is 31.1. The highest BCUT2D eigenvalue weighted by Gasteiger charge is 2.35. The van der Waals surface area contributed by atoms with Gasteiger partial charge in [-0.2, -0.15) is 4.31 Å². The molecule has 3 atom stereocenters. The molecule has 37 heavy (non-hydrogen) atoms. The van der Waals surface area contributed by atoms with E-state index in [1.54, 1.807) is 50.9 Å². The van der Waals surface area contributed by atoms with Crippen LogP contribution in [-0.2, 0) is 26.6 Å². The Morgan fingerprint density at radius 3 is 2.59 bits per heavy atom. The minimum atomic E-state index is -3.93. The number of benzene rings is 1. The largest absolute Gasteiger partial charge is 0.491 e. The third-order valence-electron chi connectivity index (χ3n) is 6.40. The summed E-state index contributed by atoms with van der Waals surface area (Å²) >= 11 is 0. The number of carbonyl (C=O) groups is 2. The molecule has 2 amide bonds. The first-order chi connectivity index (χ1) is 17.5. The zero-order valence-electron chi connectivity index (χ0n) is 22.3. The molecule has 12 heteroatoms. The van der Waals surface area contributed by atoms with Crippen LogP contribution in [0.5, 0.6) is 5.75 Å². The fourth-order valence-corrected chi connectivity index (χ4v) is 5.93. The lowest BCUT2D eigenvalue weighted by atomic mass is 10.0. The lowest BCUT2D eigenvalue weighted by Crippen LogP contribution is -2.48. The molecule has 0 unspecified atom stereocenters. The van der Waals surface area contributed by atoms with Gasteiger partial charge in [-0.3, -0.25) is 9.59 Å². The zero-order valence-corrected chi connectivity index (χ0v) is 23.1. The summed E-state index contributed by atoms with van der Waals surface area (Å²) in [5.74, 6) is -0.383. The lowest BCUT2D eigenvalue weighted by Gasteiger charge is -2.35. The van der Waals surface area contributed by atoms with Gasteiger partial charge in [0.2, 0.25) is 5.91 Å². The molecule has 204 valence electrons. The number of hydrogen-bond acceptors (Lipinski definition) is 7. The number of sulfonamides is 1. The van der Waals surface area contributed by atoms with Gasteiger partial charge in [-0.1, -0.05) is 13.8 Å². The molecule has 0 saturated heterocycles. The number of amides is 2. The number of likely N-dealkylation sites (N-methyl/N-ethyl adjacent to an activating group) is 1. The molecule has 0 radical (unpaired) electrons. The zero-order chi connectivity index (χ0) is 27.3. The number of nitrogens with one attached hydrogen (secondary N) is 1. The van der Waals surface area contributed by atoms with Gasteiger partial charge in [0.25, 0.3) is 15.9 Å². The standard InChI is InChI=1S/C25H37N5O6S/c1-7-8-23(31)27-19-9-10-21-20(11-19)25(32)29(5)13-22(35-6)17(2)12-30(18(3)15-36-21)37(33,34)24-14-28(4)16-26-24/h9-11,14,16-18,22H,7-8,12-13,15H2,1-6H3,(H,27,31)/t17-,18+,22+/m0/s1. The van der Waals surface area contributed by atoms with E-state index in [-0.39, 0.29) is 48.0 Å². The maximum Gasteiger partial charge on any atom is 0.262 e. The summed E-state index contributed by atoms with van der Waals surface area (Å²) in [6, 6.07) is 4.30. The van der Waals surface area contributed by atoms with E-state index in [1.807, 2.05) is 13.8 Å². The molecule has 11 nitrogen and oxygen atoms in total. The number of rotatable bonds is 6. The van der Waals surface area contributed by atoms with Crippen molar-refractivity contribution in [2.45, 2.75) is 50.8 Å². The van der Waals surface area contributed by atoms with Crippen LogP contribution in [0.4, 0.5) is 5.69 Å². The first-order valence-electron chi connectivity index (χ1n) is 12.3. The maximum absolute atomic E-state index is 13.6. The Bertz CT molecular complexity index is 1210. The van der Waals surface area contributed by atoms with Gasteiger partial charge in [-0.25, -0.2) is 13.4 Å². The van der Waals surface area contributed by atoms with Crippen molar-refractivity contribution in [2.24, 2.45) is 13.0 Å². The van der Waals surface area contributed by atoms with Gasteiger partial charge in [0.1, 0.15) is 12.4 Å². The fraction of sp³-hybridized carbons (Fsp3) is 0.560. The van der Waals surface area contributed by atoms with E-state index in [1.165, 1.54) is 21.7 Å². The van der Waals surface area contributed by atoms with Crippen molar-refractivity contribution in [3.05, 3.63) is 36.3 Å². The van der Waals surface area contributed by atoms with Crippen LogP contribution in [0.1, 0.15) is 44.0 Å². The minimum Gasteiger partial charge on any atom is -0.491 e. The van der Waals surface area contributed by atoms with E-state index < -0.39 is 22.2 Å². The Kier molecular flexibility index (Phi) is 9.32. The molecule has 0 aliphatic carbocycles. The normalized spacial score (nSPS) is 21.9. The predicted molar refractivity (Wildman–Crippen MR) is 139 cm³/mol. The van der Waals surface area contributed by atoms with E-state index in [2.05, 4.69) is 10.3 Å². The fourth-order valence-electron chi connectivity index (χ4n) is 4.25. The number of aryl methyl sites for hydroxylation is 1. The number of ether oxygens (including phenoxy) is 2. The van der Waals surface area contributed by atoms with Gasteiger partial charge in [0, 0.05) is 52.6 Å². The third-order valence-corrected chi connectivity index (χ3v) is 8.27. The summed E-state index contributed by atoms with van der Waals surface area (Å²) in [7, 11) is 0.979. The molecular weight excluding hydrogens is 498 g/mol. The second-order valence-corrected chi connectivity index (χ2v) is 11.4. The highest BCUT2D eigenvalue weighted by molar-refractivity contribution is 7.89. The number of anilines is 1. The van der Waals surface area contributed by atoms with Gasteiger partial charge in [0.15, 0.2) is 5.03 Å². The highest BCUT2D eigenvalue weighted by atomic mass is 32.2. The average Bonchev–Trinajstić information content (AvgIpc) is 3.30. The summed E-state index contributed by atoms with van der Waals surface area (Å²) in [6.07, 6.45) is 3.55. The molecule has 0 saturated carbocycles. The first kappa shape index (κ1) is 28.6. The number of nitrogens with zero attached hydrogens (tertiary/aromatic N) is 4. The molecule has 1 N–H and O–H groups in total. The van der Waals surface area contributed by atoms with Crippen LogP contribution >= 0.6 is 0 Å². The Labute approximate surface area is 218 Å². The number of hydrogen-bond donors (Lipinski definition) is 1. The van der Waals surface area contributed by atoms with Crippen molar-refractivity contribution in [1.29, 1.82) is 0 Å². The Morgan fingerprint density at radius 2 is 1.97 bits per heavy atom. The topological polar surface area (TPSA) is 123 Å². The van der Waals surface area contributed by atoms with E-state index in [0.717, 1.165) is 0 Å². The van der Waals surface area contributed by atoms with Crippen LogP contribution in [0, 0.1) is 5.92 Å². The summed E-state index contributed by atoms with van der Waals surface area (Å²) in [5, 5.41) is 2.77. The third kappa shape index (κ3) is 6.68. The smallest absolute Gasteiger partial charge is 0.262 e. The first-order valence-corrected chi connectivity index (χ1v) is 13.8. The minimum absolute atomic E-state index is 0.00195.